The van der Waals surface area contributed by atoms with Crippen LogP contribution in [0.3, 0.4) is 0 Å². The summed E-state index contributed by atoms with van der Waals surface area (Å²) in [6.07, 6.45) is 3.00. The molecule has 0 aliphatic carbocycles. The molecule has 0 aliphatic heterocycles. The summed E-state index contributed by atoms with van der Waals surface area (Å²) in [5, 5.41) is 4.29. The van der Waals surface area contributed by atoms with Gasteiger partial charge in [-0.3, -0.25) is 0 Å². The molecule has 0 atom stereocenters. The fourth-order valence-corrected chi connectivity index (χ4v) is 2.01. The van der Waals surface area contributed by atoms with Gasteiger partial charge in [-0.2, -0.15) is 0 Å². The number of hydrogen-bond donors (Lipinski definition) is 2. The summed E-state index contributed by atoms with van der Waals surface area (Å²) in [4.78, 5) is 3.26. The van der Waals surface area contributed by atoms with Crippen molar-refractivity contribution in [2.45, 2.75) is 6.42 Å². The van der Waals surface area contributed by atoms with Crippen LogP contribution >= 0.6 is 0 Å². The highest BCUT2D eigenvalue weighted by atomic mass is 16.5. The van der Waals surface area contributed by atoms with E-state index >= 15 is 0 Å². The molecule has 0 fully saturated rings. The number of rotatable bonds is 5. The summed E-state index contributed by atoms with van der Waals surface area (Å²) < 4.78 is 10.7. The smallest absolute Gasteiger partial charge is 0.132 e. The lowest BCUT2D eigenvalue weighted by molar-refractivity contribution is 0.398. The summed E-state index contributed by atoms with van der Waals surface area (Å²) in [5.41, 5.74) is 2.31. The second-order valence-electron chi connectivity index (χ2n) is 3.92. The van der Waals surface area contributed by atoms with Gasteiger partial charge in [0.15, 0.2) is 0 Å². The fourth-order valence-electron chi connectivity index (χ4n) is 2.01. The Labute approximate surface area is 101 Å². The Morgan fingerprint density at radius 2 is 2.06 bits per heavy atom. The maximum absolute atomic E-state index is 5.43. The lowest BCUT2D eigenvalue weighted by Gasteiger charge is -2.07. The molecule has 0 saturated heterocycles. The SMILES string of the molecule is CNCCc1c[nH]c2cc(OC)cc(OC)c12. The minimum Gasteiger partial charge on any atom is -0.497 e. The van der Waals surface area contributed by atoms with Crippen LogP contribution in [0.5, 0.6) is 11.5 Å². The van der Waals surface area contributed by atoms with E-state index in [2.05, 4.69) is 10.3 Å². The van der Waals surface area contributed by atoms with Crippen LogP contribution in [-0.4, -0.2) is 32.8 Å². The number of nitrogens with one attached hydrogen (secondary N) is 2. The molecule has 1 aromatic carbocycles. The Morgan fingerprint density at radius 3 is 2.71 bits per heavy atom. The molecular weight excluding hydrogens is 216 g/mol. The van der Waals surface area contributed by atoms with E-state index in [1.807, 2.05) is 25.4 Å². The molecule has 4 heteroatoms. The number of H-pyrrole nitrogens is 1. The predicted octanol–water partition coefficient (Wildman–Crippen LogP) is 1.95. The first-order valence-corrected chi connectivity index (χ1v) is 5.66. The zero-order valence-corrected chi connectivity index (χ0v) is 10.5. The van der Waals surface area contributed by atoms with Crippen molar-refractivity contribution in [3.63, 3.8) is 0 Å². The summed E-state index contributed by atoms with van der Waals surface area (Å²) in [6, 6.07) is 3.90. The monoisotopic (exact) mass is 234 g/mol. The lowest BCUT2D eigenvalue weighted by atomic mass is 10.1. The fraction of sp³-hybridized carbons (Fsp3) is 0.385. The Morgan fingerprint density at radius 1 is 1.24 bits per heavy atom. The van der Waals surface area contributed by atoms with Crippen LogP contribution in [0.1, 0.15) is 5.56 Å². The normalized spacial score (nSPS) is 10.8. The Balaban J connectivity index is 2.50. The first kappa shape index (κ1) is 11.8. The third-order valence-electron chi connectivity index (χ3n) is 2.90. The number of aromatic nitrogens is 1. The van der Waals surface area contributed by atoms with Crippen LogP contribution in [0, 0.1) is 0 Å². The van der Waals surface area contributed by atoms with Gasteiger partial charge in [-0.05, 0) is 25.6 Å². The van der Waals surface area contributed by atoms with Crippen molar-refractivity contribution in [2.75, 3.05) is 27.8 Å². The molecule has 2 rings (SSSR count). The second kappa shape index (κ2) is 5.10. The van der Waals surface area contributed by atoms with Gasteiger partial charge in [0.1, 0.15) is 11.5 Å². The molecule has 0 bridgehead atoms. The molecular formula is C13H18N2O2. The van der Waals surface area contributed by atoms with Crippen LogP contribution in [0.4, 0.5) is 0 Å². The molecule has 1 aromatic heterocycles. The molecule has 0 unspecified atom stereocenters. The predicted molar refractivity (Wildman–Crippen MR) is 69.0 cm³/mol. The number of fused-ring (bicyclic) bond motifs is 1. The quantitative estimate of drug-likeness (QED) is 0.831. The molecule has 92 valence electrons. The lowest BCUT2D eigenvalue weighted by Crippen LogP contribution is -2.10. The average Bonchev–Trinajstić information content (AvgIpc) is 2.78. The molecule has 2 aromatic rings. The molecule has 0 aliphatic rings. The van der Waals surface area contributed by atoms with Gasteiger partial charge in [0.05, 0.1) is 19.7 Å². The average molecular weight is 234 g/mol. The number of benzene rings is 1. The third kappa shape index (κ3) is 2.22. The maximum atomic E-state index is 5.43. The zero-order chi connectivity index (χ0) is 12.3. The van der Waals surface area contributed by atoms with Crippen LogP contribution < -0.4 is 14.8 Å². The molecule has 0 spiro atoms. The second-order valence-corrected chi connectivity index (χ2v) is 3.92. The van der Waals surface area contributed by atoms with Gasteiger partial charge in [0.2, 0.25) is 0 Å². The van der Waals surface area contributed by atoms with Crippen molar-refractivity contribution >= 4 is 10.9 Å². The zero-order valence-electron chi connectivity index (χ0n) is 10.5. The molecule has 0 radical (unpaired) electrons. The highest BCUT2D eigenvalue weighted by Gasteiger charge is 2.11. The first-order valence-electron chi connectivity index (χ1n) is 5.66. The van der Waals surface area contributed by atoms with E-state index in [1.165, 1.54) is 5.56 Å². The number of likely N-dealkylation sites (N-methyl/N-ethyl adjacent to an activating group) is 1. The molecule has 2 N–H and O–H groups in total. The Hall–Kier alpha value is -1.68. The topological polar surface area (TPSA) is 46.3 Å². The van der Waals surface area contributed by atoms with E-state index in [9.17, 15) is 0 Å². The van der Waals surface area contributed by atoms with E-state index in [-0.39, 0.29) is 0 Å². The Bertz CT molecular complexity index is 505. The van der Waals surface area contributed by atoms with E-state index in [0.717, 1.165) is 35.4 Å². The summed E-state index contributed by atoms with van der Waals surface area (Å²) in [6.45, 7) is 0.947. The van der Waals surface area contributed by atoms with Gasteiger partial charge in [0.25, 0.3) is 0 Å². The minimum absolute atomic E-state index is 0.802. The van der Waals surface area contributed by atoms with E-state index in [1.54, 1.807) is 14.2 Å². The van der Waals surface area contributed by atoms with E-state index in [0.29, 0.717) is 0 Å². The van der Waals surface area contributed by atoms with Crippen LogP contribution in [-0.2, 0) is 6.42 Å². The third-order valence-corrected chi connectivity index (χ3v) is 2.90. The van der Waals surface area contributed by atoms with E-state index in [4.69, 9.17) is 9.47 Å². The number of methoxy groups -OCH3 is 2. The minimum atomic E-state index is 0.802. The highest BCUT2D eigenvalue weighted by molar-refractivity contribution is 5.90. The molecule has 0 saturated carbocycles. The van der Waals surface area contributed by atoms with Gasteiger partial charge in [-0.15, -0.1) is 0 Å². The van der Waals surface area contributed by atoms with E-state index < -0.39 is 0 Å². The largest absolute Gasteiger partial charge is 0.497 e. The molecule has 4 nitrogen and oxygen atoms in total. The maximum Gasteiger partial charge on any atom is 0.132 e. The Kier molecular flexibility index (Phi) is 3.54. The summed E-state index contributed by atoms with van der Waals surface area (Å²) in [7, 11) is 5.30. The number of aromatic amines is 1. The van der Waals surface area contributed by atoms with Crippen LogP contribution in [0.15, 0.2) is 18.3 Å². The standard InChI is InChI=1S/C13H18N2O2/c1-14-5-4-9-8-15-11-6-10(16-2)7-12(17-3)13(9)11/h6-8,14-15H,4-5H2,1-3H3. The first-order chi connectivity index (χ1) is 8.30. The van der Waals surface area contributed by atoms with Crippen molar-refractivity contribution in [2.24, 2.45) is 0 Å². The van der Waals surface area contributed by atoms with Gasteiger partial charge >= 0.3 is 0 Å². The summed E-state index contributed by atoms with van der Waals surface area (Å²) >= 11 is 0. The number of ether oxygens (including phenoxy) is 2. The van der Waals surface area contributed by atoms with Gasteiger partial charge in [-0.1, -0.05) is 0 Å². The van der Waals surface area contributed by atoms with Crippen molar-refractivity contribution in [1.82, 2.24) is 10.3 Å². The van der Waals surface area contributed by atoms with Gasteiger partial charge < -0.3 is 19.8 Å². The molecule has 1 heterocycles. The van der Waals surface area contributed by atoms with Crippen LogP contribution in [0.2, 0.25) is 0 Å². The van der Waals surface area contributed by atoms with Gasteiger partial charge in [-0.25, -0.2) is 0 Å². The highest BCUT2D eigenvalue weighted by Crippen LogP contribution is 2.33. The number of hydrogen-bond acceptors (Lipinski definition) is 3. The van der Waals surface area contributed by atoms with Crippen molar-refractivity contribution in [3.8, 4) is 11.5 Å². The van der Waals surface area contributed by atoms with Crippen LogP contribution in [0.25, 0.3) is 10.9 Å². The molecule has 0 amide bonds. The van der Waals surface area contributed by atoms with Crippen molar-refractivity contribution in [1.29, 1.82) is 0 Å². The van der Waals surface area contributed by atoms with Crippen molar-refractivity contribution in [3.05, 3.63) is 23.9 Å². The summed E-state index contributed by atoms with van der Waals surface area (Å²) in [5.74, 6) is 1.66. The van der Waals surface area contributed by atoms with Gasteiger partial charge in [0, 0.05) is 23.7 Å². The molecule has 17 heavy (non-hydrogen) atoms. The van der Waals surface area contributed by atoms with Crippen molar-refractivity contribution < 1.29 is 9.47 Å².